The molecule has 0 bridgehead atoms. The van der Waals surface area contributed by atoms with Crippen molar-refractivity contribution in [1.29, 1.82) is 0 Å². The number of para-hydroxylation sites is 2. The quantitative estimate of drug-likeness (QED) is 0.469. The third kappa shape index (κ3) is 2.81. The molecule has 2 aliphatic rings. The molecule has 1 fully saturated rings. The molecular formula is C18H22ClN4S+. The highest BCUT2D eigenvalue weighted by Crippen LogP contribution is 2.39. The molecule has 0 spiro atoms. The van der Waals surface area contributed by atoms with Crippen molar-refractivity contribution in [2.75, 3.05) is 44.5 Å². The maximum absolute atomic E-state index is 6.15. The number of anilines is 2. The van der Waals surface area contributed by atoms with Gasteiger partial charge >= 0.3 is 0 Å². The Kier molecular flexibility index (Phi) is 4.03. The molecule has 4 nitrogen and oxygen atoms in total. The maximum Gasteiger partial charge on any atom is 0.154 e. The van der Waals surface area contributed by atoms with E-state index in [0.29, 0.717) is 6.00 Å². The lowest BCUT2D eigenvalue weighted by atomic mass is 10.2. The fourth-order valence-corrected chi connectivity index (χ4v) is 4.43. The predicted molar refractivity (Wildman–Crippen MR) is 103 cm³/mol. The Morgan fingerprint density at radius 3 is 2.79 bits per heavy atom. The third-order valence-electron chi connectivity index (χ3n) is 4.88. The number of nitrogens with one attached hydrogen (secondary N) is 1. The molecule has 6 heteroatoms. The van der Waals surface area contributed by atoms with Crippen molar-refractivity contribution in [3.63, 3.8) is 0 Å². The summed E-state index contributed by atoms with van der Waals surface area (Å²) >= 11 is 7.94. The topological polar surface area (TPSA) is 27.6 Å². The molecule has 1 saturated heterocycles. The van der Waals surface area contributed by atoms with Crippen LogP contribution in [0.4, 0.5) is 16.4 Å². The van der Waals surface area contributed by atoms with Gasteiger partial charge in [0.1, 0.15) is 10.8 Å². The van der Waals surface area contributed by atoms with Crippen molar-refractivity contribution in [2.45, 2.75) is 6.92 Å². The summed E-state index contributed by atoms with van der Waals surface area (Å²) in [5.74, 6) is 1.09. The van der Waals surface area contributed by atoms with E-state index in [1.807, 2.05) is 6.07 Å². The van der Waals surface area contributed by atoms with Gasteiger partial charge in [-0.25, -0.2) is 4.99 Å². The van der Waals surface area contributed by atoms with Crippen LogP contribution in [0.5, 0.6) is 0 Å². The first kappa shape index (κ1) is 15.9. The average Bonchev–Trinajstić information content (AvgIpc) is 2.88. The number of benzene rings is 1. The highest BCUT2D eigenvalue weighted by atomic mass is 35.5. The molecule has 1 N–H and O–H groups in total. The molecule has 0 unspecified atom stereocenters. The normalized spacial score (nSPS) is 19.0. The summed E-state index contributed by atoms with van der Waals surface area (Å²) in [7, 11) is 2.23. The second kappa shape index (κ2) is 6.06. The zero-order valence-electron chi connectivity index (χ0n) is 14.1. The molecule has 1 aromatic heterocycles. The number of likely N-dealkylation sites (N-methyl/N-ethyl adjacent to an activating group) is 1. The van der Waals surface area contributed by atoms with E-state index in [-0.39, 0.29) is 0 Å². The monoisotopic (exact) mass is 361 g/mol. The molecule has 2 aliphatic heterocycles. The van der Waals surface area contributed by atoms with E-state index >= 15 is 0 Å². The molecule has 0 radical (unpaired) electrons. The van der Waals surface area contributed by atoms with Gasteiger partial charge in [0.05, 0.1) is 50.2 Å². The summed E-state index contributed by atoms with van der Waals surface area (Å²) in [5, 5.41) is 4.76. The first-order chi connectivity index (χ1) is 11.6. The Bertz CT molecular complexity index is 790. The minimum absolute atomic E-state index is 0.674. The summed E-state index contributed by atoms with van der Waals surface area (Å²) in [6.07, 6.45) is 0. The van der Waals surface area contributed by atoms with Crippen molar-refractivity contribution < 1.29 is 4.48 Å². The van der Waals surface area contributed by atoms with E-state index in [1.165, 1.54) is 15.4 Å². The molecule has 0 saturated carbocycles. The molecular weight excluding hydrogens is 340 g/mol. The van der Waals surface area contributed by atoms with Crippen LogP contribution < -0.4 is 5.32 Å². The molecule has 126 valence electrons. The van der Waals surface area contributed by atoms with Gasteiger partial charge < -0.3 is 14.7 Å². The van der Waals surface area contributed by atoms with Crippen molar-refractivity contribution in [1.82, 2.24) is 4.90 Å². The summed E-state index contributed by atoms with van der Waals surface area (Å²) < 4.78 is 0.926. The Labute approximate surface area is 152 Å². The lowest BCUT2D eigenvalue weighted by molar-refractivity contribution is -0.902. The number of rotatable bonds is 1. The van der Waals surface area contributed by atoms with Gasteiger partial charge in [-0.15, -0.1) is 11.3 Å². The maximum atomic E-state index is 6.15. The van der Waals surface area contributed by atoms with Gasteiger partial charge in [0.15, 0.2) is 6.00 Å². The van der Waals surface area contributed by atoms with Crippen LogP contribution in [0, 0.1) is 6.92 Å². The van der Waals surface area contributed by atoms with Gasteiger partial charge in [-0.2, -0.15) is 0 Å². The third-order valence-corrected chi connectivity index (χ3v) is 6.43. The van der Waals surface area contributed by atoms with Crippen LogP contribution in [0.25, 0.3) is 0 Å². The SMILES string of the molecule is Cc1cc2c(s1)Nc1ccccc1N=C2N1CC[N+](C)(CCl)CC1. The highest BCUT2D eigenvalue weighted by Gasteiger charge is 2.31. The number of quaternary nitrogens is 1. The van der Waals surface area contributed by atoms with E-state index in [0.717, 1.165) is 47.9 Å². The highest BCUT2D eigenvalue weighted by molar-refractivity contribution is 7.16. The van der Waals surface area contributed by atoms with Gasteiger partial charge in [-0.3, -0.25) is 0 Å². The van der Waals surface area contributed by atoms with E-state index < -0.39 is 0 Å². The number of piperazine rings is 1. The smallest absolute Gasteiger partial charge is 0.154 e. The van der Waals surface area contributed by atoms with Crippen molar-refractivity contribution in [3.8, 4) is 0 Å². The van der Waals surface area contributed by atoms with Crippen LogP contribution in [0.15, 0.2) is 35.3 Å². The average molecular weight is 362 g/mol. The number of alkyl halides is 1. The van der Waals surface area contributed by atoms with Crippen molar-refractivity contribution in [3.05, 3.63) is 40.8 Å². The Hall–Kier alpha value is -1.56. The second-order valence-electron chi connectivity index (χ2n) is 6.85. The summed E-state index contributed by atoms with van der Waals surface area (Å²) in [4.78, 5) is 8.76. The Morgan fingerprint density at radius 2 is 2.04 bits per heavy atom. The summed E-state index contributed by atoms with van der Waals surface area (Å²) in [6.45, 7) is 6.23. The van der Waals surface area contributed by atoms with Gasteiger partial charge in [0, 0.05) is 4.88 Å². The number of hydrogen-bond donors (Lipinski definition) is 1. The largest absolute Gasteiger partial charge is 0.345 e. The number of nitrogens with zero attached hydrogens (tertiary/aromatic N) is 3. The van der Waals surface area contributed by atoms with Crippen LogP contribution in [0.1, 0.15) is 10.4 Å². The Morgan fingerprint density at radius 1 is 1.29 bits per heavy atom. The lowest BCUT2D eigenvalue weighted by Gasteiger charge is -2.41. The van der Waals surface area contributed by atoms with Gasteiger partial charge in [-0.1, -0.05) is 23.7 Å². The number of thiophene rings is 1. The minimum Gasteiger partial charge on any atom is -0.345 e. The minimum atomic E-state index is 0.674. The number of fused-ring (bicyclic) bond motifs is 2. The molecule has 0 atom stereocenters. The predicted octanol–water partition coefficient (Wildman–Crippen LogP) is 4.15. The number of halogens is 1. The summed E-state index contributed by atoms with van der Waals surface area (Å²) in [5.41, 5.74) is 3.30. The van der Waals surface area contributed by atoms with Gasteiger partial charge in [-0.05, 0) is 25.1 Å². The second-order valence-corrected chi connectivity index (χ2v) is 8.35. The van der Waals surface area contributed by atoms with Gasteiger partial charge in [0.2, 0.25) is 0 Å². The fraction of sp³-hybridized carbons (Fsp3) is 0.389. The first-order valence-electron chi connectivity index (χ1n) is 8.28. The fourth-order valence-electron chi connectivity index (χ4n) is 3.27. The van der Waals surface area contributed by atoms with Crippen LogP contribution >= 0.6 is 22.9 Å². The molecule has 1 aromatic carbocycles. The number of amidine groups is 1. The number of hydrogen-bond acceptors (Lipinski definition) is 4. The molecule has 24 heavy (non-hydrogen) atoms. The molecule has 3 heterocycles. The van der Waals surface area contributed by atoms with E-state index in [1.54, 1.807) is 11.3 Å². The van der Waals surface area contributed by atoms with Crippen LogP contribution in [0.2, 0.25) is 0 Å². The summed E-state index contributed by atoms with van der Waals surface area (Å²) in [6, 6.07) is 11.2. The van der Waals surface area contributed by atoms with Gasteiger partial charge in [0.25, 0.3) is 0 Å². The standard InChI is InChI=1S/C18H22ClN4S/c1-13-11-14-17(22-7-9-23(2,12-19)10-8-22)20-15-5-3-4-6-16(15)21-18(14)24-13/h3-6,11,21H,7-10,12H2,1-2H3/q+1. The van der Waals surface area contributed by atoms with Crippen LogP contribution in [0.3, 0.4) is 0 Å². The molecule has 0 amide bonds. The zero-order chi connectivity index (χ0) is 16.7. The van der Waals surface area contributed by atoms with E-state index in [9.17, 15) is 0 Å². The van der Waals surface area contributed by atoms with Crippen LogP contribution in [-0.4, -0.2) is 54.4 Å². The molecule has 0 aliphatic carbocycles. The van der Waals surface area contributed by atoms with E-state index in [4.69, 9.17) is 16.6 Å². The first-order valence-corrected chi connectivity index (χ1v) is 9.63. The number of aryl methyl sites for hydroxylation is 1. The molecule has 2 aromatic rings. The zero-order valence-corrected chi connectivity index (χ0v) is 15.6. The Balaban J connectivity index is 1.74. The van der Waals surface area contributed by atoms with Crippen molar-refractivity contribution >= 4 is 45.1 Å². The van der Waals surface area contributed by atoms with E-state index in [2.05, 4.69) is 48.5 Å². The van der Waals surface area contributed by atoms with Crippen LogP contribution in [-0.2, 0) is 0 Å². The van der Waals surface area contributed by atoms with Crippen molar-refractivity contribution in [2.24, 2.45) is 4.99 Å². The molecule has 4 rings (SSSR count). The number of aliphatic imine (C=N–C) groups is 1. The lowest BCUT2D eigenvalue weighted by Crippen LogP contribution is -2.57.